The lowest BCUT2D eigenvalue weighted by molar-refractivity contribution is -0.135. The number of carbonyl (C=O) groups excluding carboxylic acids is 2. The number of hydrogen-bond donors (Lipinski definition) is 0. The van der Waals surface area contributed by atoms with E-state index in [-0.39, 0.29) is 23.5 Å². The highest BCUT2D eigenvalue weighted by atomic mass is 19.1. The van der Waals surface area contributed by atoms with Gasteiger partial charge in [0.2, 0.25) is 11.8 Å². The van der Waals surface area contributed by atoms with Gasteiger partial charge < -0.3 is 14.5 Å². The molecule has 6 heteroatoms. The molecule has 2 aromatic rings. The van der Waals surface area contributed by atoms with Crippen molar-refractivity contribution in [2.24, 2.45) is 5.92 Å². The van der Waals surface area contributed by atoms with Crippen LogP contribution in [0.25, 0.3) is 11.1 Å². The largest absolute Gasteiger partial charge is 0.384 e. The average Bonchev–Trinajstić information content (AvgIpc) is 2.91. The molecule has 1 heterocycles. The summed E-state index contributed by atoms with van der Waals surface area (Å²) in [5.74, 6) is -0.446. The molecule has 1 saturated heterocycles. The lowest BCUT2D eigenvalue weighted by Crippen LogP contribution is -2.38. The van der Waals surface area contributed by atoms with Crippen molar-refractivity contribution in [1.29, 1.82) is 0 Å². The van der Waals surface area contributed by atoms with Crippen LogP contribution in [0.15, 0.2) is 48.5 Å². The van der Waals surface area contributed by atoms with Crippen molar-refractivity contribution in [1.82, 2.24) is 9.80 Å². The second kappa shape index (κ2) is 10.3. The molecule has 2 aromatic carbocycles. The van der Waals surface area contributed by atoms with Gasteiger partial charge in [-0.05, 0) is 42.2 Å². The summed E-state index contributed by atoms with van der Waals surface area (Å²) in [6.07, 6.45) is 0.877. The van der Waals surface area contributed by atoms with Crippen LogP contribution in [-0.4, -0.2) is 61.5 Å². The molecule has 0 spiro atoms. The average molecular weight is 413 g/mol. The molecule has 1 unspecified atom stereocenters. The van der Waals surface area contributed by atoms with Crippen LogP contribution in [0.3, 0.4) is 0 Å². The Kier molecular flexibility index (Phi) is 7.57. The Morgan fingerprint density at radius 1 is 1.13 bits per heavy atom. The van der Waals surface area contributed by atoms with Crippen LogP contribution in [-0.2, 0) is 20.7 Å². The van der Waals surface area contributed by atoms with E-state index in [9.17, 15) is 14.0 Å². The summed E-state index contributed by atoms with van der Waals surface area (Å²) in [6, 6.07) is 14.4. The zero-order valence-electron chi connectivity index (χ0n) is 17.6. The molecule has 2 amide bonds. The molecule has 160 valence electrons. The number of nitrogens with zero attached hydrogens (tertiary/aromatic N) is 2. The first kappa shape index (κ1) is 22.0. The summed E-state index contributed by atoms with van der Waals surface area (Å²) in [4.78, 5) is 29.3. The molecule has 0 N–H and O–H groups in total. The molecule has 0 bridgehead atoms. The van der Waals surface area contributed by atoms with Crippen molar-refractivity contribution in [2.75, 3.05) is 39.9 Å². The lowest BCUT2D eigenvalue weighted by atomic mass is 9.94. The Morgan fingerprint density at radius 3 is 2.60 bits per heavy atom. The molecule has 0 aliphatic carbocycles. The Balaban J connectivity index is 1.79. The number of methoxy groups -OCH3 is 1. The highest BCUT2D eigenvalue weighted by molar-refractivity contribution is 5.82. The summed E-state index contributed by atoms with van der Waals surface area (Å²) >= 11 is 0. The minimum absolute atomic E-state index is 0.0210. The van der Waals surface area contributed by atoms with Gasteiger partial charge in [0.1, 0.15) is 5.82 Å². The smallest absolute Gasteiger partial charge is 0.227 e. The van der Waals surface area contributed by atoms with Crippen molar-refractivity contribution >= 4 is 11.8 Å². The minimum Gasteiger partial charge on any atom is -0.384 e. The summed E-state index contributed by atoms with van der Waals surface area (Å²) in [7, 11) is 1.58. The normalized spacial score (nSPS) is 17.2. The molecule has 1 aliphatic heterocycles. The molecule has 0 saturated carbocycles. The second-order valence-corrected chi connectivity index (χ2v) is 7.61. The van der Waals surface area contributed by atoms with E-state index in [4.69, 9.17) is 4.74 Å². The predicted octanol–water partition coefficient (Wildman–Crippen LogP) is 3.38. The highest BCUT2D eigenvalue weighted by Crippen LogP contribution is 2.24. The molecule has 0 radical (unpaired) electrons. The van der Waals surface area contributed by atoms with Crippen molar-refractivity contribution < 1.29 is 18.7 Å². The van der Waals surface area contributed by atoms with E-state index in [1.165, 1.54) is 12.1 Å². The second-order valence-electron chi connectivity index (χ2n) is 7.61. The van der Waals surface area contributed by atoms with Gasteiger partial charge >= 0.3 is 0 Å². The van der Waals surface area contributed by atoms with Gasteiger partial charge in [-0.1, -0.05) is 36.4 Å². The van der Waals surface area contributed by atoms with Gasteiger partial charge in [-0.15, -0.1) is 0 Å². The Morgan fingerprint density at radius 2 is 1.90 bits per heavy atom. The first-order valence-electron chi connectivity index (χ1n) is 10.4. The summed E-state index contributed by atoms with van der Waals surface area (Å²) in [5, 5.41) is 0. The van der Waals surface area contributed by atoms with Gasteiger partial charge in [0.05, 0.1) is 18.9 Å². The van der Waals surface area contributed by atoms with Crippen molar-refractivity contribution in [2.45, 2.75) is 19.8 Å². The summed E-state index contributed by atoms with van der Waals surface area (Å²) in [6.45, 7) is 4.50. The van der Waals surface area contributed by atoms with Gasteiger partial charge in [-0.25, -0.2) is 4.39 Å². The number of hydrogen-bond acceptors (Lipinski definition) is 3. The van der Waals surface area contributed by atoms with E-state index in [0.717, 1.165) is 16.7 Å². The predicted molar refractivity (Wildman–Crippen MR) is 114 cm³/mol. The van der Waals surface area contributed by atoms with Crippen LogP contribution >= 0.6 is 0 Å². The third-order valence-electron chi connectivity index (χ3n) is 5.58. The van der Waals surface area contributed by atoms with Gasteiger partial charge in [0, 0.05) is 33.3 Å². The Labute approximate surface area is 177 Å². The molecule has 1 aliphatic rings. The molecular formula is C24H29FN2O3. The quantitative estimate of drug-likeness (QED) is 0.701. The summed E-state index contributed by atoms with van der Waals surface area (Å²) < 4.78 is 18.3. The first-order valence-corrected chi connectivity index (χ1v) is 10.4. The fourth-order valence-corrected chi connectivity index (χ4v) is 3.89. The van der Waals surface area contributed by atoms with Crippen molar-refractivity contribution in [3.8, 4) is 11.1 Å². The van der Waals surface area contributed by atoms with E-state index < -0.39 is 0 Å². The van der Waals surface area contributed by atoms with Crippen molar-refractivity contribution in [3.63, 3.8) is 0 Å². The standard InChI is InChI=1S/C24H29FN2O3/c1-3-26-12-13-27(23(28)11-14-30-2)17-21(24(26)29)16-18-5-4-6-20(15-18)19-7-9-22(25)10-8-19/h4-10,15,21H,3,11-14,16-17H2,1-2H3. The van der Waals surface area contributed by atoms with Crippen LogP contribution in [0.4, 0.5) is 4.39 Å². The highest BCUT2D eigenvalue weighted by Gasteiger charge is 2.31. The zero-order chi connectivity index (χ0) is 21.5. The lowest BCUT2D eigenvalue weighted by Gasteiger charge is -2.23. The fourth-order valence-electron chi connectivity index (χ4n) is 3.89. The van der Waals surface area contributed by atoms with E-state index in [1.54, 1.807) is 24.1 Å². The summed E-state index contributed by atoms with van der Waals surface area (Å²) in [5.41, 5.74) is 2.93. The van der Waals surface area contributed by atoms with Crippen LogP contribution in [0.1, 0.15) is 18.9 Å². The van der Waals surface area contributed by atoms with Gasteiger partial charge in [-0.3, -0.25) is 9.59 Å². The molecule has 1 atom stereocenters. The third kappa shape index (κ3) is 5.45. The molecular weight excluding hydrogens is 383 g/mol. The SMILES string of the molecule is CCN1CCN(C(=O)CCOC)CC(Cc2cccc(-c3ccc(F)cc3)c2)C1=O. The van der Waals surface area contributed by atoms with Gasteiger partial charge in [0.25, 0.3) is 0 Å². The molecule has 1 fully saturated rings. The number of benzene rings is 2. The fraction of sp³-hybridized carbons (Fsp3) is 0.417. The van der Waals surface area contributed by atoms with Crippen LogP contribution in [0.2, 0.25) is 0 Å². The first-order chi connectivity index (χ1) is 14.5. The van der Waals surface area contributed by atoms with E-state index in [1.807, 2.05) is 36.1 Å². The monoisotopic (exact) mass is 412 g/mol. The number of ether oxygens (including phenoxy) is 1. The maximum atomic E-state index is 13.2. The van der Waals surface area contributed by atoms with Crippen LogP contribution < -0.4 is 0 Å². The number of carbonyl (C=O) groups is 2. The van der Waals surface area contributed by atoms with Gasteiger partial charge in [-0.2, -0.15) is 0 Å². The maximum absolute atomic E-state index is 13.2. The molecule has 3 rings (SSSR count). The maximum Gasteiger partial charge on any atom is 0.227 e. The van der Waals surface area contributed by atoms with Crippen molar-refractivity contribution in [3.05, 3.63) is 59.9 Å². The number of likely N-dealkylation sites (N-methyl/N-ethyl adjacent to an activating group) is 1. The third-order valence-corrected chi connectivity index (χ3v) is 5.58. The Bertz CT molecular complexity index is 869. The van der Waals surface area contributed by atoms with Crippen LogP contribution in [0.5, 0.6) is 0 Å². The van der Waals surface area contributed by atoms with Gasteiger partial charge in [0.15, 0.2) is 0 Å². The van der Waals surface area contributed by atoms with Crippen LogP contribution in [0, 0.1) is 11.7 Å². The zero-order valence-corrected chi connectivity index (χ0v) is 17.6. The number of rotatable bonds is 7. The Hall–Kier alpha value is -2.73. The van der Waals surface area contributed by atoms with E-state index in [2.05, 4.69) is 0 Å². The number of halogens is 1. The molecule has 0 aromatic heterocycles. The van der Waals surface area contributed by atoms with E-state index >= 15 is 0 Å². The minimum atomic E-state index is -0.289. The molecule has 5 nitrogen and oxygen atoms in total. The topological polar surface area (TPSA) is 49.9 Å². The van der Waals surface area contributed by atoms with E-state index in [0.29, 0.717) is 45.6 Å². The number of amides is 2. The molecule has 30 heavy (non-hydrogen) atoms.